The number of halogens is 2. The lowest BCUT2D eigenvalue weighted by atomic mass is 10.2. The van der Waals surface area contributed by atoms with E-state index in [4.69, 9.17) is 33.3 Å². The molecule has 0 spiro atoms. The number of rotatable bonds is 7. The molecule has 0 aliphatic rings. The van der Waals surface area contributed by atoms with Gasteiger partial charge in [0.2, 0.25) is 4.77 Å². The zero-order valence-electron chi connectivity index (χ0n) is 14.8. The number of aromatic amines is 1. The first kappa shape index (κ1) is 19.7. The van der Waals surface area contributed by atoms with Crippen LogP contribution in [0.3, 0.4) is 0 Å². The normalized spacial score (nSPS) is 10.7. The highest BCUT2D eigenvalue weighted by molar-refractivity contribution is 9.10. The molecule has 0 amide bonds. The van der Waals surface area contributed by atoms with Crippen LogP contribution in [0.25, 0.3) is 0 Å². The molecule has 0 radical (unpaired) electrons. The molecule has 0 unspecified atom stereocenters. The molecule has 0 aliphatic heterocycles. The van der Waals surface area contributed by atoms with E-state index >= 15 is 0 Å². The number of benzene rings is 2. The third-order valence-corrected chi connectivity index (χ3v) is 5.13. The standard InChI is InChI=1S/C18H18BrClN4O2S/c1-11-22-23-18(27)24(11)21-9-13-7-16(25-2)17(8-15(13)19)26-10-12-4-3-5-14(20)6-12/h3-8,21H,9-10H2,1-2H3,(H,23,27). The highest BCUT2D eigenvalue weighted by atomic mass is 79.9. The number of nitrogens with one attached hydrogen (secondary N) is 2. The molecule has 0 aliphatic carbocycles. The third kappa shape index (κ3) is 4.82. The molecule has 0 bridgehead atoms. The maximum atomic E-state index is 6.02. The van der Waals surface area contributed by atoms with Crippen LogP contribution in [0.4, 0.5) is 0 Å². The highest BCUT2D eigenvalue weighted by Crippen LogP contribution is 2.34. The van der Waals surface area contributed by atoms with Gasteiger partial charge in [-0.05, 0) is 54.5 Å². The van der Waals surface area contributed by atoms with Crippen LogP contribution in [0.1, 0.15) is 17.0 Å². The van der Waals surface area contributed by atoms with E-state index < -0.39 is 0 Å². The van der Waals surface area contributed by atoms with Crippen molar-refractivity contribution in [2.45, 2.75) is 20.1 Å². The predicted octanol–water partition coefficient (Wildman–Crippen LogP) is 5.00. The topological polar surface area (TPSA) is 64.1 Å². The van der Waals surface area contributed by atoms with Crippen molar-refractivity contribution in [3.63, 3.8) is 0 Å². The van der Waals surface area contributed by atoms with Crippen molar-refractivity contribution in [1.82, 2.24) is 14.9 Å². The van der Waals surface area contributed by atoms with Crippen molar-refractivity contribution < 1.29 is 9.47 Å². The van der Waals surface area contributed by atoms with Crippen LogP contribution >= 0.6 is 39.7 Å². The summed E-state index contributed by atoms with van der Waals surface area (Å²) in [6.07, 6.45) is 0. The van der Waals surface area contributed by atoms with Crippen molar-refractivity contribution in [2.24, 2.45) is 0 Å². The van der Waals surface area contributed by atoms with Crippen molar-refractivity contribution >= 4 is 39.7 Å². The lowest BCUT2D eigenvalue weighted by Gasteiger charge is -2.15. The number of hydrogen-bond donors (Lipinski definition) is 2. The first-order valence-electron chi connectivity index (χ1n) is 8.09. The smallest absolute Gasteiger partial charge is 0.214 e. The molecule has 0 saturated heterocycles. The first-order chi connectivity index (χ1) is 13.0. The number of methoxy groups -OCH3 is 1. The molecule has 0 atom stereocenters. The molecule has 1 heterocycles. The fourth-order valence-electron chi connectivity index (χ4n) is 2.50. The lowest BCUT2D eigenvalue weighted by Crippen LogP contribution is -2.16. The van der Waals surface area contributed by atoms with Gasteiger partial charge in [0, 0.05) is 9.50 Å². The van der Waals surface area contributed by atoms with E-state index in [9.17, 15) is 0 Å². The van der Waals surface area contributed by atoms with Crippen molar-refractivity contribution in [2.75, 3.05) is 12.5 Å². The van der Waals surface area contributed by atoms with Gasteiger partial charge in [-0.1, -0.05) is 39.7 Å². The molecular formula is C18H18BrClN4O2S. The van der Waals surface area contributed by atoms with Crippen molar-refractivity contribution in [1.29, 1.82) is 0 Å². The SMILES string of the molecule is COc1cc(CNn2c(C)n[nH]c2=S)c(Br)cc1OCc1cccc(Cl)c1. The van der Waals surface area contributed by atoms with Crippen LogP contribution in [0.5, 0.6) is 11.5 Å². The summed E-state index contributed by atoms with van der Waals surface area (Å²) in [7, 11) is 1.61. The van der Waals surface area contributed by atoms with Gasteiger partial charge < -0.3 is 14.9 Å². The molecule has 0 fully saturated rings. The minimum atomic E-state index is 0.393. The monoisotopic (exact) mass is 468 g/mol. The number of ether oxygens (including phenoxy) is 2. The van der Waals surface area contributed by atoms with E-state index in [1.807, 2.05) is 43.3 Å². The van der Waals surface area contributed by atoms with E-state index in [0.29, 0.717) is 34.4 Å². The van der Waals surface area contributed by atoms with Crippen LogP contribution in [0.2, 0.25) is 5.02 Å². The molecule has 1 aromatic heterocycles. The number of aryl methyl sites for hydroxylation is 1. The van der Waals surface area contributed by atoms with Crippen LogP contribution in [0.15, 0.2) is 40.9 Å². The summed E-state index contributed by atoms with van der Waals surface area (Å²) < 4.78 is 14.5. The second kappa shape index (κ2) is 8.77. The molecule has 0 saturated carbocycles. The van der Waals surface area contributed by atoms with Crippen LogP contribution in [0, 0.1) is 11.7 Å². The van der Waals surface area contributed by atoms with Gasteiger partial charge >= 0.3 is 0 Å². The first-order valence-corrected chi connectivity index (χ1v) is 9.67. The molecule has 9 heteroatoms. The Morgan fingerprint density at radius 2 is 2.11 bits per heavy atom. The molecule has 3 aromatic rings. The summed E-state index contributed by atoms with van der Waals surface area (Å²) in [5.74, 6) is 2.04. The molecule has 142 valence electrons. The zero-order valence-corrected chi connectivity index (χ0v) is 17.9. The fourth-order valence-corrected chi connectivity index (χ4v) is 3.42. The van der Waals surface area contributed by atoms with Gasteiger partial charge in [0.25, 0.3) is 0 Å². The van der Waals surface area contributed by atoms with Gasteiger partial charge in [0.1, 0.15) is 12.4 Å². The van der Waals surface area contributed by atoms with E-state index in [0.717, 1.165) is 21.4 Å². The van der Waals surface area contributed by atoms with E-state index in [1.54, 1.807) is 11.8 Å². The Bertz CT molecular complexity index is 1010. The van der Waals surface area contributed by atoms with Gasteiger partial charge in [-0.3, -0.25) is 5.10 Å². The fraction of sp³-hybridized carbons (Fsp3) is 0.222. The Morgan fingerprint density at radius 3 is 2.78 bits per heavy atom. The Balaban J connectivity index is 1.75. The van der Waals surface area contributed by atoms with Gasteiger partial charge in [0.15, 0.2) is 11.5 Å². The summed E-state index contributed by atoms with van der Waals surface area (Å²) in [6.45, 7) is 2.78. The second-order valence-electron chi connectivity index (χ2n) is 5.76. The molecule has 2 N–H and O–H groups in total. The van der Waals surface area contributed by atoms with Crippen LogP contribution < -0.4 is 14.9 Å². The summed E-state index contributed by atoms with van der Waals surface area (Å²) in [6, 6.07) is 11.4. The van der Waals surface area contributed by atoms with E-state index in [1.165, 1.54) is 0 Å². The van der Waals surface area contributed by atoms with Crippen molar-refractivity contribution in [3.8, 4) is 11.5 Å². The van der Waals surface area contributed by atoms with Gasteiger partial charge in [-0.2, -0.15) is 5.10 Å². The van der Waals surface area contributed by atoms with Crippen LogP contribution in [-0.2, 0) is 13.2 Å². The van der Waals surface area contributed by atoms with E-state index in [2.05, 4.69) is 31.6 Å². The zero-order chi connectivity index (χ0) is 19.4. The maximum absolute atomic E-state index is 6.02. The molecule has 6 nitrogen and oxygen atoms in total. The molecule has 3 rings (SSSR count). The summed E-state index contributed by atoms with van der Waals surface area (Å²) >= 11 is 14.8. The number of nitrogens with zero attached hydrogens (tertiary/aromatic N) is 2. The minimum Gasteiger partial charge on any atom is -0.493 e. The largest absolute Gasteiger partial charge is 0.493 e. The van der Waals surface area contributed by atoms with Gasteiger partial charge in [0.05, 0.1) is 13.7 Å². The number of hydrogen-bond acceptors (Lipinski definition) is 5. The predicted molar refractivity (Wildman–Crippen MR) is 112 cm³/mol. The summed E-state index contributed by atoms with van der Waals surface area (Å²) in [5.41, 5.74) is 5.20. The minimum absolute atomic E-state index is 0.393. The molecule has 27 heavy (non-hydrogen) atoms. The van der Waals surface area contributed by atoms with Gasteiger partial charge in [-0.15, -0.1) is 0 Å². The Hall–Kier alpha value is -2.03. The average molecular weight is 470 g/mol. The van der Waals surface area contributed by atoms with Crippen LogP contribution in [-0.4, -0.2) is 22.0 Å². The Labute approximate surface area is 175 Å². The average Bonchev–Trinajstić information content (AvgIpc) is 2.97. The molecule has 2 aromatic carbocycles. The second-order valence-corrected chi connectivity index (χ2v) is 7.44. The lowest BCUT2D eigenvalue weighted by molar-refractivity contribution is 0.284. The quantitative estimate of drug-likeness (QED) is 0.477. The molecular weight excluding hydrogens is 452 g/mol. The third-order valence-electron chi connectivity index (χ3n) is 3.88. The van der Waals surface area contributed by atoms with Crippen molar-refractivity contribution in [3.05, 3.63) is 67.6 Å². The number of H-pyrrole nitrogens is 1. The van der Waals surface area contributed by atoms with Gasteiger partial charge in [-0.25, -0.2) is 4.68 Å². The summed E-state index contributed by atoms with van der Waals surface area (Å²) in [4.78, 5) is 0. The maximum Gasteiger partial charge on any atom is 0.214 e. The Kier molecular flexibility index (Phi) is 6.41. The van der Waals surface area contributed by atoms with E-state index in [-0.39, 0.29) is 0 Å². The summed E-state index contributed by atoms with van der Waals surface area (Å²) in [5, 5.41) is 7.50. The Morgan fingerprint density at radius 1 is 1.30 bits per heavy atom. The highest BCUT2D eigenvalue weighted by Gasteiger charge is 2.11. The number of aromatic nitrogens is 3.